The molecule has 0 spiro atoms. The van der Waals surface area contributed by atoms with Crippen LogP contribution in [-0.4, -0.2) is 18.3 Å². The minimum absolute atomic E-state index is 0.173. The predicted molar refractivity (Wildman–Crippen MR) is 92.4 cm³/mol. The summed E-state index contributed by atoms with van der Waals surface area (Å²) in [5, 5.41) is 3.50. The van der Waals surface area contributed by atoms with Gasteiger partial charge in [0.25, 0.3) is 0 Å². The molecule has 21 heavy (non-hydrogen) atoms. The Kier molecular flexibility index (Phi) is 6.74. The summed E-state index contributed by atoms with van der Waals surface area (Å²) in [6, 6.07) is 15.6. The number of likely N-dealkylation sites (N-methyl/N-ethyl adjacent to an activating group) is 1. The third kappa shape index (κ3) is 5.81. The molecule has 0 radical (unpaired) electrons. The van der Waals surface area contributed by atoms with Crippen LogP contribution in [0.4, 0.5) is 4.39 Å². The van der Waals surface area contributed by atoms with Crippen LogP contribution >= 0.6 is 27.7 Å². The lowest BCUT2D eigenvalue weighted by molar-refractivity contribution is 0.572. The Bertz CT molecular complexity index is 559. The van der Waals surface area contributed by atoms with Crippen molar-refractivity contribution in [3.8, 4) is 0 Å². The van der Waals surface area contributed by atoms with Crippen molar-refractivity contribution in [2.24, 2.45) is 0 Å². The average Bonchev–Trinajstić information content (AvgIpc) is 2.47. The van der Waals surface area contributed by atoms with E-state index in [0.717, 1.165) is 28.1 Å². The van der Waals surface area contributed by atoms with Gasteiger partial charge in [0.1, 0.15) is 5.82 Å². The lowest BCUT2D eigenvalue weighted by Gasteiger charge is -2.17. The topological polar surface area (TPSA) is 12.0 Å². The van der Waals surface area contributed by atoms with Gasteiger partial charge in [0.2, 0.25) is 0 Å². The van der Waals surface area contributed by atoms with Gasteiger partial charge in [-0.3, -0.25) is 0 Å². The van der Waals surface area contributed by atoms with Gasteiger partial charge in [0.15, 0.2) is 0 Å². The van der Waals surface area contributed by atoms with E-state index in [1.54, 1.807) is 23.9 Å². The second-order valence-electron chi connectivity index (χ2n) is 4.85. The Labute approximate surface area is 138 Å². The molecule has 0 amide bonds. The van der Waals surface area contributed by atoms with E-state index in [2.05, 4.69) is 52.4 Å². The van der Waals surface area contributed by atoms with Crippen molar-refractivity contribution < 1.29 is 4.39 Å². The molecule has 1 atom stereocenters. The van der Waals surface area contributed by atoms with E-state index >= 15 is 0 Å². The van der Waals surface area contributed by atoms with Gasteiger partial charge < -0.3 is 5.32 Å². The molecule has 1 unspecified atom stereocenters. The second-order valence-corrected chi connectivity index (χ2v) is 6.86. The van der Waals surface area contributed by atoms with Crippen molar-refractivity contribution >= 4 is 27.7 Å². The van der Waals surface area contributed by atoms with E-state index in [0.29, 0.717) is 6.04 Å². The summed E-state index contributed by atoms with van der Waals surface area (Å²) in [5.41, 5.74) is 1.31. The lowest BCUT2D eigenvalue weighted by atomic mass is 10.1. The van der Waals surface area contributed by atoms with Crippen molar-refractivity contribution in [1.29, 1.82) is 0 Å². The number of hydrogen-bond donors (Lipinski definition) is 1. The van der Waals surface area contributed by atoms with E-state index in [1.165, 1.54) is 11.6 Å². The molecule has 2 aromatic rings. The largest absolute Gasteiger partial charge is 0.313 e. The van der Waals surface area contributed by atoms with Crippen LogP contribution in [-0.2, 0) is 6.42 Å². The molecule has 0 aromatic heterocycles. The Morgan fingerprint density at radius 3 is 2.62 bits per heavy atom. The van der Waals surface area contributed by atoms with Gasteiger partial charge in [-0.15, -0.1) is 11.8 Å². The Hall–Kier alpha value is -0.840. The Balaban J connectivity index is 1.93. The zero-order chi connectivity index (χ0) is 15.1. The molecule has 1 N–H and O–H groups in total. The molecule has 0 saturated heterocycles. The van der Waals surface area contributed by atoms with Gasteiger partial charge >= 0.3 is 0 Å². The fraction of sp³-hybridized carbons (Fsp3) is 0.294. The zero-order valence-electron chi connectivity index (χ0n) is 12.0. The molecule has 112 valence electrons. The fourth-order valence-corrected chi connectivity index (χ4v) is 3.40. The van der Waals surface area contributed by atoms with Crippen molar-refractivity contribution in [2.45, 2.75) is 24.3 Å². The molecule has 0 heterocycles. The molecular formula is C17H19BrFNS. The van der Waals surface area contributed by atoms with Gasteiger partial charge in [0, 0.05) is 21.2 Å². The molecule has 0 saturated carbocycles. The van der Waals surface area contributed by atoms with Crippen molar-refractivity contribution in [1.82, 2.24) is 5.32 Å². The number of halogens is 2. The van der Waals surface area contributed by atoms with Crippen molar-refractivity contribution in [2.75, 3.05) is 12.3 Å². The summed E-state index contributed by atoms with van der Waals surface area (Å²) in [6.07, 6.45) is 0.976. The monoisotopic (exact) mass is 367 g/mol. The van der Waals surface area contributed by atoms with Crippen LogP contribution in [0.25, 0.3) is 0 Å². The first-order valence-electron chi connectivity index (χ1n) is 7.03. The smallest absolute Gasteiger partial charge is 0.124 e. The quantitative estimate of drug-likeness (QED) is 0.698. The molecule has 0 aliphatic carbocycles. The van der Waals surface area contributed by atoms with Gasteiger partial charge in [-0.2, -0.15) is 0 Å². The first kappa shape index (κ1) is 16.5. The van der Waals surface area contributed by atoms with Crippen LogP contribution in [0.2, 0.25) is 0 Å². The summed E-state index contributed by atoms with van der Waals surface area (Å²) in [4.78, 5) is 0.980. The van der Waals surface area contributed by atoms with Crippen molar-refractivity contribution in [3.63, 3.8) is 0 Å². The highest BCUT2D eigenvalue weighted by Crippen LogP contribution is 2.21. The molecule has 2 aromatic carbocycles. The Morgan fingerprint density at radius 1 is 1.19 bits per heavy atom. The summed E-state index contributed by atoms with van der Waals surface area (Å²) in [7, 11) is 0. The fourth-order valence-electron chi connectivity index (χ4n) is 2.14. The lowest BCUT2D eigenvalue weighted by Crippen LogP contribution is -2.33. The minimum atomic E-state index is -0.173. The van der Waals surface area contributed by atoms with E-state index in [-0.39, 0.29) is 5.82 Å². The number of benzene rings is 2. The molecule has 0 aliphatic heterocycles. The molecular weight excluding hydrogens is 349 g/mol. The molecule has 2 rings (SSSR count). The molecule has 4 heteroatoms. The summed E-state index contributed by atoms with van der Waals surface area (Å²) in [6.45, 7) is 3.05. The number of thioether (sulfide) groups is 1. The van der Waals surface area contributed by atoms with E-state index < -0.39 is 0 Å². The zero-order valence-corrected chi connectivity index (χ0v) is 14.4. The number of nitrogens with one attached hydrogen (secondary N) is 1. The highest BCUT2D eigenvalue weighted by atomic mass is 79.9. The van der Waals surface area contributed by atoms with E-state index in [4.69, 9.17) is 0 Å². The van der Waals surface area contributed by atoms with Gasteiger partial charge in [-0.1, -0.05) is 41.1 Å². The Morgan fingerprint density at radius 2 is 1.95 bits per heavy atom. The van der Waals surface area contributed by atoms with Gasteiger partial charge in [0.05, 0.1) is 0 Å². The van der Waals surface area contributed by atoms with E-state index in [9.17, 15) is 4.39 Å². The molecule has 1 nitrogen and oxygen atoms in total. The third-order valence-corrected chi connectivity index (χ3v) is 4.82. The normalized spacial score (nSPS) is 12.3. The number of hydrogen-bond acceptors (Lipinski definition) is 2. The third-order valence-electron chi connectivity index (χ3n) is 3.14. The van der Waals surface area contributed by atoms with Crippen LogP contribution in [0.15, 0.2) is 57.9 Å². The molecule has 0 aliphatic rings. The first-order chi connectivity index (χ1) is 10.2. The predicted octanol–water partition coefficient (Wildman–Crippen LogP) is 4.90. The van der Waals surface area contributed by atoms with Gasteiger partial charge in [-0.05, 0) is 48.9 Å². The van der Waals surface area contributed by atoms with Crippen LogP contribution < -0.4 is 5.32 Å². The summed E-state index contributed by atoms with van der Waals surface area (Å²) in [5.74, 6) is 0.751. The maximum Gasteiger partial charge on any atom is 0.124 e. The maximum absolute atomic E-state index is 13.2. The summed E-state index contributed by atoms with van der Waals surface area (Å²) >= 11 is 5.15. The summed E-state index contributed by atoms with van der Waals surface area (Å²) < 4.78 is 14.3. The molecule has 0 bridgehead atoms. The van der Waals surface area contributed by atoms with Crippen LogP contribution in [0, 0.1) is 5.82 Å². The highest BCUT2D eigenvalue weighted by Gasteiger charge is 2.09. The van der Waals surface area contributed by atoms with Crippen LogP contribution in [0.5, 0.6) is 0 Å². The SMILES string of the molecule is CCNC(CSc1cccc(F)c1)Cc1ccc(Br)cc1. The second kappa shape index (κ2) is 8.57. The number of rotatable bonds is 7. The maximum atomic E-state index is 13.2. The van der Waals surface area contributed by atoms with E-state index in [1.807, 2.05) is 6.07 Å². The van der Waals surface area contributed by atoms with Crippen LogP contribution in [0.1, 0.15) is 12.5 Å². The average molecular weight is 368 g/mol. The first-order valence-corrected chi connectivity index (χ1v) is 8.81. The highest BCUT2D eigenvalue weighted by molar-refractivity contribution is 9.10. The van der Waals surface area contributed by atoms with Gasteiger partial charge in [-0.25, -0.2) is 4.39 Å². The standard InChI is InChI=1S/C17H19BrFNS/c1-2-20-16(10-13-6-8-14(18)9-7-13)12-21-17-5-3-4-15(19)11-17/h3-9,11,16,20H,2,10,12H2,1H3. The molecule has 0 fully saturated rings. The van der Waals surface area contributed by atoms with Crippen molar-refractivity contribution in [3.05, 3.63) is 64.4 Å². The van der Waals surface area contributed by atoms with Crippen LogP contribution in [0.3, 0.4) is 0 Å². The minimum Gasteiger partial charge on any atom is -0.313 e.